The van der Waals surface area contributed by atoms with Gasteiger partial charge in [0.2, 0.25) is 17.8 Å². The van der Waals surface area contributed by atoms with Crippen LogP contribution in [0.4, 0.5) is 11.9 Å². The van der Waals surface area contributed by atoms with Crippen LogP contribution in [-0.2, 0) is 9.59 Å². The Kier molecular flexibility index (Phi) is 4.46. The predicted octanol–water partition coefficient (Wildman–Crippen LogP) is 3.09. The molecule has 1 aromatic heterocycles. The number of carbonyl (C=O) groups is 2. The number of methoxy groups -OCH3 is 1. The molecular formula is C22H21N5O3. The van der Waals surface area contributed by atoms with Crippen molar-refractivity contribution in [1.82, 2.24) is 14.8 Å². The normalized spacial score (nSPS) is 20.8. The van der Waals surface area contributed by atoms with Crippen molar-refractivity contribution < 1.29 is 14.3 Å². The standard InChI is InChI=1S/C22H21N5O3/c1-30-16-9-7-14(8-10-16)17-13-18(15-5-3-2-4-6-15)27-21(23-17)24-22(25-27)26-19(28)11-12-20(26)29/h2-10,17-18H,11-13H2,1H3,(H,23,24,25)/t17-,18-/m0/s1. The summed E-state index contributed by atoms with van der Waals surface area (Å²) in [4.78, 5) is 30.0. The fourth-order valence-electron chi connectivity index (χ4n) is 4.07. The third kappa shape index (κ3) is 3.10. The lowest BCUT2D eigenvalue weighted by molar-refractivity contribution is -0.121. The summed E-state index contributed by atoms with van der Waals surface area (Å²) in [6.45, 7) is 0. The van der Waals surface area contributed by atoms with E-state index in [2.05, 4.69) is 27.5 Å². The number of hydrogen-bond acceptors (Lipinski definition) is 6. The van der Waals surface area contributed by atoms with Crippen molar-refractivity contribution in [2.45, 2.75) is 31.3 Å². The first-order valence-corrected chi connectivity index (χ1v) is 9.92. The highest BCUT2D eigenvalue weighted by Gasteiger charge is 2.37. The van der Waals surface area contributed by atoms with Gasteiger partial charge in [0.25, 0.3) is 5.95 Å². The van der Waals surface area contributed by atoms with Crippen molar-refractivity contribution in [3.05, 3.63) is 65.7 Å². The molecule has 3 heterocycles. The Hall–Kier alpha value is -3.68. The van der Waals surface area contributed by atoms with Crippen LogP contribution < -0.4 is 15.0 Å². The molecule has 2 aliphatic rings. The SMILES string of the molecule is COc1ccc([C@@H]2C[C@@H](c3ccccc3)n3nc(N4C(=O)CCC4=O)nc3N2)cc1. The zero-order chi connectivity index (χ0) is 20.7. The van der Waals surface area contributed by atoms with Crippen LogP contribution in [0.5, 0.6) is 5.75 Å². The van der Waals surface area contributed by atoms with E-state index in [0.717, 1.165) is 28.2 Å². The monoisotopic (exact) mass is 403 g/mol. The minimum atomic E-state index is -0.258. The molecule has 2 atom stereocenters. The second-order valence-corrected chi connectivity index (χ2v) is 7.44. The van der Waals surface area contributed by atoms with Crippen LogP contribution in [0.3, 0.4) is 0 Å². The molecule has 0 bridgehead atoms. The van der Waals surface area contributed by atoms with E-state index in [1.54, 1.807) is 11.8 Å². The second kappa shape index (κ2) is 7.29. The zero-order valence-electron chi connectivity index (χ0n) is 16.5. The Labute approximate surface area is 173 Å². The topological polar surface area (TPSA) is 89.4 Å². The molecule has 0 aliphatic carbocycles. The number of carbonyl (C=O) groups excluding carboxylic acids is 2. The molecule has 0 unspecified atom stereocenters. The summed E-state index contributed by atoms with van der Waals surface area (Å²) >= 11 is 0. The largest absolute Gasteiger partial charge is 0.497 e. The van der Waals surface area contributed by atoms with Gasteiger partial charge in [-0.2, -0.15) is 4.98 Å². The number of hydrogen-bond donors (Lipinski definition) is 1. The Balaban J connectivity index is 1.55. The molecule has 8 nitrogen and oxygen atoms in total. The van der Waals surface area contributed by atoms with Gasteiger partial charge in [0.05, 0.1) is 19.2 Å². The van der Waals surface area contributed by atoms with Crippen molar-refractivity contribution in [3.63, 3.8) is 0 Å². The van der Waals surface area contributed by atoms with Crippen LogP contribution in [-0.4, -0.2) is 33.7 Å². The van der Waals surface area contributed by atoms with Gasteiger partial charge in [-0.15, -0.1) is 5.10 Å². The second-order valence-electron chi connectivity index (χ2n) is 7.44. The van der Waals surface area contributed by atoms with Gasteiger partial charge in [-0.05, 0) is 29.7 Å². The Morgan fingerprint density at radius 2 is 1.67 bits per heavy atom. The summed E-state index contributed by atoms with van der Waals surface area (Å²) in [6, 6.07) is 17.9. The molecule has 0 spiro atoms. The highest BCUT2D eigenvalue weighted by Crippen LogP contribution is 2.39. The molecule has 2 amide bonds. The van der Waals surface area contributed by atoms with E-state index < -0.39 is 0 Å². The lowest BCUT2D eigenvalue weighted by atomic mass is 9.93. The third-order valence-corrected chi connectivity index (χ3v) is 5.63. The Morgan fingerprint density at radius 3 is 2.33 bits per heavy atom. The van der Waals surface area contributed by atoms with Crippen molar-refractivity contribution in [3.8, 4) is 5.75 Å². The maximum atomic E-state index is 12.2. The molecule has 152 valence electrons. The van der Waals surface area contributed by atoms with Crippen molar-refractivity contribution in [2.24, 2.45) is 0 Å². The zero-order valence-corrected chi connectivity index (χ0v) is 16.5. The van der Waals surface area contributed by atoms with Gasteiger partial charge in [0.1, 0.15) is 5.75 Å². The van der Waals surface area contributed by atoms with Gasteiger partial charge in [-0.25, -0.2) is 9.58 Å². The van der Waals surface area contributed by atoms with Gasteiger partial charge < -0.3 is 10.1 Å². The molecule has 0 radical (unpaired) electrons. The third-order valence-electron chi connectivity index (χ3n) is 5.63. The van der Waals surface area contributed by atoms with Crippen LogP contribution in [0.2, 0.25) is 0 Å². The number of anilines is 2. The number of fused-ring (bicyclic) bond motifs is 1. The maximum absolute atomic E-state index is 12.2. The van der Waals surface area contributed by atoms with E-state index in [1.165, 1.54) is 0 Å². The van der Waals surface area contributed by atoms with E-state index >= 15 is 0 Å². The first-order valence-electron chi connectivity index (χ1n) is 9.92. The van der Waals surface area contributed by atoms with E-state index in [9.17, 15) is 9.59 Å². The van der Waals surface area contributed by atoms with Crippen molar-refractivity contribution >= 4 is 23.7 Å². The number of imide groups is 1. The van der Waals surface area contributed by atoms with Gasteiger partial charge in [-0.3, -0.25) is 9.59 Å². The molecule has 30 heavy (non-hydrogen) atoms. The van der Waals surface area contributed by atoms with Crippen molar-refractivity contribution in [1.29, 1.82) is 0 Å². The first kappa shape index (κ1) is 18.4. The fourth-order valence-corrected chi connectivity index (χ4v) is 4.07. The van der Waals surface area contributed by atoms with E-state index in [0.29, 0.717) is 5.95 Å². The predicted molar refractivity (Wildman–Crippen MR) is 110 cm³/mol. The van der Waals surface area contributed by atoms with Crippen LogP contribution in [0.1, 0.15) is 42.5 Å². The minimum absolute atomic E-state index is 0.00403. The number of benzene rings is 2. The minimum Gasteiger partial charge on any atom is -0.497 e. The number of ether oxygens (including phenoxy) is 1. The molecule has 1 saturated heterocycles. The molecule has 8 heteroatoms. The van der Waals surface area contributed by atoms with Crippen LogP contribution in [0.15, 0.2) is 54.6 Å². The maximum Gasteiger partial charge on any atom is 0.260 e. The average Bonchev–Trinajstić information content (AvgIpc) is 3.35. The van der Waals surface area contributed by atoms with Gasteiger partial charge in [0, 0.05) is 12.8 Å². The molecule has 3 aromatic rings. The van der Waals surface area contributed by atoms with Crippen molar-refractivity contribution in [2.75, 3.05) is 17.3 Å². The van der Waals surface area contributed by atoms with Gasteiger partial charge in [0.15, 0.2) is 0 Å². The highest BCUT2D eigenvalue weighted by molar-refractivity contribution is 6.18. The molecule has 1 N–H and O–H groups in total. The summed E-state index contributed by atoms with van der Waals surface area (Å²) < 4.78 is 7.05. The van der Waals surface area contributed by atoms with Gasteiger partial charge in [-0.1, -0.05) is 42.5 Å². The summed E-state index contributed by atoms with van der Waals surface area (Å²) in [5.41, 5.74) is 2.19. The van der Waals surface area contributed by atoms with Crippen LogP contribution in [0, 0.1) is 0 Å². The smallest absolute Gasteiger partial charge is 0.260 e. The first-order chi connectivity index (χ1) is 14.6. The summed E-state index contributed by atoms with van der Waals surface area (Å²) in [5, 5.41) is 7.98. The number of rotatable bonds is 4. The number of nitrogens with zero attached hydrogens (tertiary/aromatic N) is 4. The number of nitrogens with one attached hydrogen (secondary N) is 1. The summed E-state index contributed by atoms with van der Waals surface area (Å²) in [7, 11) is 1.64. The molecule has 5 rings (SSSR count). The number of aromatic nitrogens is 3. The van der Waals surface area contributed by atoms with E-state index in [4.69, 9.17) is 4.74 Å². The van der Waals surface area contributed by atoms with E-state index in [1.807, 2.05) is 42.5 Å². The van der Waals surface area contributed by atoms with Crippen LogP contribution in [0.25, 0.3) is 0 Å². The molecule has 2 aliphatic heterocycles. The number of amides is 2. The Morgan fingerprint density at radius 1 is 0.967 bits per heavy atom. The van der Waals surface area contributed by atoms with Crippen LogP contribution >= 0.6 is 0 Å². The average molecular weight is 403 g/mol. The van der Waals surface area contributed by atoms with Gasteiger partial charge >= 0.3 is 0 Å². The summed E-state index contributed by atoms with van der Waals surface area (Å²) in [6.07, 6.45) is 1.15. The quantitative estimate of drug-likeness (QED) is 0.674. The fraction of sp³-hybridized carbons (Fsp3) is 0.273. The molecule has 2 aromatic carbocycles. The lowest BCUT2D eigenvalue weighted by Crippen LogP contribution is -2.30. The van der Waals surface area contributed by atoms with E-state index in [-0.39, 0.29) is 42.7 Å². The molecule has 0 saturated carbocycles. The summed E-state index contributed by atoms with van der Waals surface area (Å²) in [5.74, 6) is 0.960. The molecule has 1 fully saturated rings. The highest BCUT2D eigenvalue weighted by atomic mass is 16.5. The lowest BCUT2D eigenvalue weighted by Gasteiger charge is -2.31. The molecular weight excluding hydrogens is 382 g/mol. The Bertz CT molecular complexity index is 1080.